The van der Waals surface area contributed by atoms with Gasteiger partial charge in [-0.25, -0.2) is 4.79 Å². The number of nitrogens with one attached hydrogen (secondary N) is 1. The molecule has 2 aromatic rings. The molecular formula is C21H23NO5. The number of hydrogen-bond acceptors (Lipinski definition) is 5. The summed E-state index contributed by atoms with van der Waals surface area (Å²) in [4.78, 5) is 23.8. The number of methoxy groups -OCH3 is 2. The van der Waals surface area contributed by atoms with Crippen LogP contribution in [0.4, 0.5) is 5.69 Å². The lowest BCUT2D eigenvalue weighted by Gasteiger charge is -2.10. The van der Waals surface area contributed by atoms with Crippen molar-refractivity contribution in [1.82, 2.24) is 0 Å². The number of anilines is 1. The predicted octanol–water partition coefficient (Wildman–Crippen LogP) is 3.52. The summed E-state index contributed by atoms with van der Waals surface area (Å²) in [5, 5.41) is 2.74. The second kappa shape index (κ2) is 9.43. The van der Waals surface area contributed by atoms with Gasteiger partial charge in [-0.1, -0.05) is 18.2 Å². The molecule has 0 unspecified atom stereocenters. The Labute approximate surface area is 158 Å². The number of hydrogen-bond donors (Lipinski definition) is 1. The van der Waals surface area contributed by atoms with Crippen LogP contribution in [0.5, 0.6) is 11.5 Å². The van der Waals surface area contributed by atoms with Gasteiger partial charge in [0.15, 0.2) is 18.1 Å². The summed E-state index contributed by atoms with van der Waals surface area (Å²) in [5.41, 5.74) is 3.49. The second-order valence-corrected chi connectivity index (χ2v) is 5.85. The van der Waals surface area contributed by atoms with Crippen LogP contribution in [0.2, 0.25) is 0 Å². The maximum Gasteiger partial charge on any atom is 0.331 e. The lowest BCUT2D eigenvalue weighted by molar-refractivity contribution is -0.142. The number of ether oxygens (including phenoxy) is 3. The SMILES string of the molecule is COc1ccc(/C=C/C(=O)OCC(=O)Nc2cccc(C)c2C)cc1OC. The van der Waals surface area contributed by atoms with Crippen molar-refractivity contribution in [3.05, 3.63) is 59.2 Å². The molecule has 27 heavy (non-hydrogen) atoms. The van der Waals surface area contributed by atoms with Gasteiger partial charge < -0.3 is 19.5 Å². The molecule has 0 saturated carbocycles. The Morgan fingerprint density at radius 3 is 2.48 bits per heavy atom. The summed E-state index contributed by atoms with van der Waals surface area (Å²) in [6.07, 6.45) is 2.83. The standard InChI is InChI=1S/C21H23NO5/c1-14-6-5-7-17(15(14)2)22-20(23)13-27-21(24)11-9-16-8-10-18(25-3)19(12-16)26-4/h5-12H,13H2,1-4H3,(H,22,23)/b11-9+. The molecule has 142 valence electrons. The van der Waals surface area contributed by atoms with Gasteiger partial charge in [0.25, 0.3) is 5.91 Å². The number of carbonyl (C=O) groups excluding carboxylic acids is 2. The summed E-state index contributed by atoms with van der Waals surface area (Å²) in [6, 6.07) is 10.9. The maximum atomic E-state index is 12.0. The molecule has 0 radical (unpaired) electrons. The topological polar surface area (TPSA) is 73.9 Å². The zero-order valence-electron chi connectivity index (χ0n) is 15.9. The van der Waals surface area contributed by atoms with Gasteiger partial charge in [-0.3, -0.25) is 4.79 Å². The van der Waals surface area contributed by atoms with Crippen molar-refractivity contribution in [2.24, 2.45) is 0 Å². The Kier molecular flexibility index (Phi) is 7.00. The third kappa shape index (κ3) is 5.60. The molecule has 0 aromatic heterocycles. The highest BCUT2D eigenvalue weighted by atomic mass is 16.5. The lowest BCUT2D eigenvalue weighted by atomic mass is 10.1. The van der Waals surface area contributed by atoms with E-state index in [1.54, 1.807) is 37.5 Å². The molecule has 2 aromatic carbocycles. The van der Waals surface area contributed by atoms with Crippen LogP contribution in [-0.4, -0.2) is 32.7 Å². The van der Waals surface area contributed by atoms with Gasteiger partial charge in [0.2, 0.25) is 0 Å². The van der Waals surface area contributed by atoms with E-state index in [0.717, 1.165) is 16.7 Å². The van der Waals surface area contributed by atoms with Crippen molar-refractivity contribution in [2.75, 3.05) is 26.1 Å². The van der Waals surface area contributed by atoms with Crippen molar-refractivity contribution in [1.29, 1.82) is 0 Å². The number of carbonyl (C=O) groups is 2. The lowest BCUT2D eigenvalue weighted by Crippen LogP contribution is -2.20. The fourth-order valence-corrected chi connectivity index (χ4v) is 2.38. The van der Waals surface area contributed by atoms with E-state index < -0.39 is 11.9 Å². The van der Waals surface area contributed by atoms with E-state index in [1.165, 1.54) is 13.2 Å². The number of benzene rings is 2. The van der Waals surface area contributed by atoms with Crippen molar-refractivity contribution < 1.29 is 23.8 Å². The van der Waals surface area contributed by atoms with Crippen molar-refractivity contribution in [2.45, 2.75) is 13.8 Å². The highest BCUT2D eigenvalue weighted by molar-refractivity contribution is 5.95. The minimum atomic E-state index is -0.610. The minimum Gasteiger partial charge on any atom is -0.493 e. The molecule has 0 spiro atoms. The van der Waals surface area contributed by atoms with Crippen LogP contribution in [0, 0.1) is 13.8 Å². The van der Waals surface area contributed by atoms with Crippen LogP contribution in [0.15, 0.2) is 42.5 Å². The first-order valence-corrected chi connectivity index (χ1v) is 8.37. The zero-order valence-corrected chi connectivity index (χ0v) is 15.9. The highest BCUT2D eigenvalue weighted by Gasteiger charge is 2.08. The van der Waals surface area contributed by atoms with E-state index in [1.807, 2.05) is 26.0 Å². The van der Waals surface area contributed by atoms with Gasteiger partial charge in [-0.15, -0.1) is 0 Å². The molecule has 2 rings (SSSR count). The first-order valence-electron chi connectivity index (χ1n) is 8.37. The molecule has 0 atom stereocenters. The van der Waals surface area contributed by atoms with E-state index >= 15 is 0 Å². The maximum absolute atomic E-state index is 12.0. The zero-order chi connectivity index (χ0) is 19.8. The quantitative estimate of drug-likeness (QED) is 0.597. The summed E-state index contributed by atoms with van der Waals surface area (Å²) in [5.74, 6) is 0.152. The van der Waals surface area contributed by atoms with E-state index in [2.05, 4.69) is 5.32 Å². The van der Waals surface area contributed by atoms with Crippen LogP contribution in [0.1, 0.15) is 16.7 Å². The van der Waals surface area contributed by atoms with Gasteiger partial charge in [0.1, 0.15) is 0 Å². The fraction of sp³-hybridized carbons (Fsp3) is 0.238. The molecule has 0 heterocycles. The monoisotopic (exact) mass is 369 g/mol. The van der Waals surface area contributed by atoms with Crippen molar-refractivity contribution in [3.8, 4) is 11.5 Å². The van der Waals surface area contributed by atoms with E-state index in [-0.39, 0.29) is 6.61 Å². The summed E-state index contributed by atoms with van der Waals surface area (Å²) >= 11 is 0. The largest absolute Gasteiger partial charge is 0.493 e. The minimum absolute atomic E-state index is 0.359. The molecule has 6 heteroatoms. The van der Waals surface area contributed by atoms with Gasteiger partial charge >= 0.3 is 5.97 Å². The van der Waals surface area contributed by atoms with E-state index in [4.69, 9.17) is 14.2 Å². The van der Waals surface area contributed by atoms with Crippen LogP contribution in [-0.2, 0) is 14.3 Å². The van der Waals surface area contributed by atoms with Crippen molar-refractivity contribution in [3.63, 3.8) is 0 Å². The first kappa shape index (κ1) is 20.0. The van der Waals surface area contributed by atoms with E-state index in [9.17, 15) is 9.59 Å². The van der Waals surface area contributed by atoms with E-state index in [0.29, 0.717) is 17.2 Å². The summed E-state index contributed by atoms with van der Waals surface area (Å²) in [7, 11) is 3.09. The molecule has 0 aliphatic carbocycles. The summed E-state index contributed by atoms with van der Waals surface area (Å²) < 4.78 is 15.3. The Bertz CT molecular complexity index is 858. The number of rotatable bonds is 7. The Balaban J connectivity index is 1.89. The third-order valence-corrected chi connectivity index (χ3v) is 4.04. The Morgan fingerprint density at radius 2 is 1.78 bits per heavy atom. The van der Waals surface area contributed by atoms with Crippen LogP contribution in [0.25, 0.3) is 6.08 Å². The Hall–Kier alpha value is -3.28. The van der Waals surface area contributed by atoms with Crippen LogP contribution >= 0.6 is 0 Å². The number of esters is 1. The molecule has 0 saturated heterocycles. The smallest absolute Gasteiger partial charge is 0.331 e. The molecule has 0 aliphatic heterocycles. The Morgan fingerprint density at radius 1 is 1.04 bits per heavy atom. The van der Waals surface area contributed by atoms with Gasteiger partial charge in [-0.2, -0.15) is 0 Å². The molecule has 1 N–H and O–H groups in total. The number of amides is 1. The number of aryl methyl sites for hydroxylation is 1. The third-order valence-electron chi connectivity index (χ3n) is 4.04. The normalized spacial score (nSPS) is 10.5. The molecular weight excluding hydrogens is 346 g/mol. The molecule has 0 fully saturated rings. The van der Waals surface area contributed by atoms with Gasteiger partial charge in [-0.05, 0) is 54.8 Å². The second-order valence-electron chi connectivity index (χ2n) is 5.85. The van der Waals surface area contributed by atoms with Gasteiger partial charge in [0.05, 0.1) is 14.2 Å². The molecule has 1 amide bonds. The molecule has 6 nitrogen and oxygen atoms in total. The average Bonchev–Trinajstić information content (AvgIpc) is 2.68. The predicted molar refractivity (Wildman–Crippen MR) is 104 cm³/mol. The summed E-state index contributed by atoms with van der Waals surface area (Å²) in [6.45, 7) is 3.52. The molecule has 0 bridgehead atoms. The van der Waals surface area contributed by atoms with Crippen molar-refractivity contribution >= 4 is 23.6 Å². The first-order chi connectivity index (χ1) is 12.9. The fourth-order valence-electron chi connectivity index (χ4n) is 2.38. The average molecular weight is 369 g/mol. The molecule has 0 aliphatic rings. The highest BCUT2D eigenvalue weighted by Crippen LogP contribution is 2.27. The van der Waals surface area contributed by atoms with Crippen LogP contribution in [0.3, 0.4) is 0 Å². The van der Waals surface area contributed by atoms with Gasteiger partial charge in [0, 0.05) is 11.8 Å². The van der Waals surface area contributed by atoms with Crippen LogP contribution < -0.4 is 14.8 Å².